The fourth-order valence-electron chi connectivity index (χ4n) is 0.632. The van der Waals surface area contributed by atoms with Crippen molar-refractivity contribution >= 4 is 5.97 Å². The predicted octanol–water partition coefficient (Wildman–Crippen LogP) is -0.0506. The molecule has 0 aromatic carbocycles. The van der Waals surface area contributed by atoms with Gasteiger partial charge in [-0.15, -0.1) is 0 Å². The van der Waals surface area contributed by atoms with Gasteiger partial charge in [0, 0.05) is 0 Å². The van der Waals surface area contributed by atoms with Gasteiger partial charge in [-0.3, -0.25) is 4.79 Å². The van der Waals surface area contributed by atoms with E-state index in [2.05, 4.69) is 0 Å². The zero-order valence-electron chi connectivity index (χ0n) is 6.87. The fraction of sp³-hybridized carbons (Fsp3) is 0.857. The van der Waals surface area contributed by atoms with Gasteiger partial charge in [0.2, 0.25) is 0 Å². The molecule has 0 heterocycles. The molecule has 0 saturated heterocycles. The number of carbonyl (C=O) groups is 1. The number of aliphatic hydroxyl groups is 1. The number of hydrogen-bond acceptors (Lipinski definition) is 3. The molecule has 4 N–H and O–H groups in total. The van der Waals surface area contributed by atoms with Crippen molar-refractivity contribution in [3.05, 3.63) is 0 Å². The normalized spacial score (nSPS) is 14.5. The van der Waals surface area contributed by atoms with Crippen molar-refractivity contribution < 1.29 is 15.0 Å². The number of nitrogens with two attached hydrogens (primary N) is 1. The maximum absolute atomic E-state index is 10.2. The summed E-state index contributed by atoms with van der Waals surface area (Å²) in [5, 5.41) is 17.6. The van der Waals surface area contributed by atoms with Crippen LogP contribution in [0.2, 0.25) is 0 Å². The SMILES string of the molecule is CC(C)(O)CC[C@H](N)C(=O)O. The van der Waals surface area contributed by atoms with Crippen LogP contribution in [0.25, 0.3) is 0 Å². The maximum Gasteiger partial charge on any atom is 0.320 e. The van der Waals surface area contributed by atoms with Crippen molar-refractivity contribution in [3.63, 3.8) is 0 Å². The molecule has 0 rings (SSSR count). The van der Waals surface area contributed by atoms with Crippen LogP contribution in [0.3, 0.4) is 0 Å². The van der Waals surface area contributed by atoms with Crippen LogP contribution in [0.5, 0.6) is 0 Å². The molecule has 0 aliphatic carbocycles. The molecular formula is C7H15NO3. The lowest BCUT2D eigenvalue weighted by molar-refractivity contribution is -0.138. The molecule has 0 aromatic rings. The highest BCUT2D eigenvalue weighted by Gasteiger charge is 2.17. The van der Waals surface area contributed by atoms with E-state index in [9.17, 15) is 9.90 Å². The lowest BCUT2D eigenvalue weighted by atomic mass is 10.00. The number of carboxylic acids is 1. The number of aliphatic carboxylic acids is 1. The molecule has 4 nitrogen and oxygen atoms in total. The number of carboxylic acid groups (broad SMARTS) is 1. The Bertz CT molecular complexity index is 139. The van der Waals surface area contributed by atoms with Crippen LogP contribution in [0, 0.1) is 0 Å². The Morgan fingerprint density at radius 1 is 1.64 bits per heavy atom. The van der Waals surface area contributed by atoms with Crippen molar-refractivity contribution in [1.82, 2.24) is 0 Å². The monoisotopic (exact) mass is 161 g/mol. The van der Waals surface area contributed by atoms with Gasteiger partial charge in [-0.1, -0.05) is 0 Å². The zero-order valence-corrected chi connectivity index (χ0v) is 6.87. The lowest BCUT2D eigenvalue weighted by Gasteiger charge is -2.17. The van der Waals surface area contributed by atoms with Crippen LogP contribution in [0.4, 0.5) is 0 Å². The fourth-order valence-corrected chi connectivity index (χ4v) is 0.632. The summed E-state index contributed by atoms with van der Waals surface area (Å²) < 4.78 is 0. The summed E-state index contributed by atoms with van der Waals surface area (Å²) in [6.07, 6.45) is 0.708. The summed E-state index contributed by atoms with van der Waals surface area (Å²) in [5.74, 6) is -1.02. The Balaban J connectivity index is 3.63. The van der Waals surface area contributed by atoms with Crippen LogP contribution >= 0.6 is 0 Å². The Labute approximate surface area is 66.0 Å². The topological polar surface area (TPSA) is 83.5 Å². The Kier molecular flexibility index (Phi) is 3.48. The van der Waals surface area contributed by atoms with E-state index >= 15 is 0 Å². The molecular weight excluding hydrogens is 146 g/mol. The third-order valence-electron chi connectivity index (χ3n) is 1.38. The third-order valence-corrected chi connectivity index (χ3v) is 1.38. The highest BCUT2D eigenvalue weighted by atomic mass is 16.4. The Morgan fingerprint density at radius 3 is 2.36 bits per heavy atom. The van der Waals surface area contributed by atoms with Crippen molar-refractivity contribution in [2.45, 2.75) is 38.3 Å². The van der Waals surface area contributed by atoms with Gasteiger partial charge in [0.25, 0.3) is 0 Å². The van der Waals surface area contributed by atoms with E-state index in [0.29, 0.717) is 12.8 Å². The first-order valence-corrected chi connectivity index (χ1v) is 3.54. The molecule has 0 unspecified atom stereocenters. The first kappa shape index (κ1) is 10.4. The van der Waals surface area contributed by atoms with E-state index in [-0.39, 0.29) is 0 Å². The second kappa shape index (κ2) is 3.69. The van der Waals surface area contributed by atoms with Gasteiger partial charge in [-0.05, 0) is 26.7 Å². The van der Waals surface area contributed by atoms with Gasteiger partial charge in [0.1, 0.15) is 6.04 Å². The molecule has 0 aromatic heterocycles. The van der Waals surface area contributed by atoms with E-state index in [1.165, 1.54) is 0 Å². The van der Waals surface area contributed by atoms with Crippen LogP contribution in [0.1, 0.15) is 26.7 Å². The van der Waals surface area contributed by atoms with E-state index in [4.69, 9.17) is 10.8 Å². The predicted molar refractivity (Wildman–Crippen MR) is 41.1 cm³/mol. The second-order valence-corrected chi connectivity index (χ2v) is 3.30. The molecule has 4 heteroatoms. The van der Waals surface area contributed by atoms with Crippen molar-refractivity contribution in [3.8, 4) is 0 Å². The van der Waals surface area contributed by atoms with E-state index in [1.54, 1.807) is 13.8 Å². The van der Waals surface area contributed by atoms with Crippen LogP contribution in [0.15, 0.2) is 0 Å². The summed E-state index contributed by atoms with van der Waals surface area (Å²) in [7, 11) is 0. The first-order chi connectivity index (χ1) is 4.83. The average molecular weight is 161 g/mol. The first-order valence-electron chi connectivity index (χ1n) is 3.54. The lowest BCUT2D eigenvalue weighted by Crippen LogP contribution is -2.32. The molecule has 0 spiro atoms. The minimum absolute atomic E-state index is 0.304. The zero-order chi connectivity index (χ0) is 9.07. The minimum Gasteiger partial charge on any atom is -0.480 e. The van der Waals surface area contributed by atoms with Crippen LogP contribution in [-0.2, 0) is 4.79 Å². The van der Waals surface area contributed by atoms with Gasteiger partial charge < -0.3 is 15.9 Å². The van der Waals surface area contributed by atoms with Gasteiger partial charge in [-0.2, -0.15) is 0 Å². The van der Waals surface area contributed by atoms with Gasteiger partial charge in [0.05, 0.1) is 5.60 Å². The highest BCUT2D eigenvalue weighted by Crippen LogP contribution is 2.11. The van der Waals surface area contributed by atoms with Crippen molar-refractivity contribution in [2.24, 2.45) is 5.73 Å². The van der Waals surface area contributed by atoms with E-state index in [0.717, 1.165) is 0 Å². The number of rotatable bonds is 4. The summed E-state index contributed by atoms with van der Waals surface area (Å²) in [6, 6.07) is -0.860. The molecule has 1 atom stereocenters. The minimum atomic E-state index is -1.02. The molecule has 0 saturated carbocycles. The molecule has 0 fully saturated rings. The number of hydrogen-bond donors (Lipinski definition) is 3. The highest BCUT2D eigenvalue weighted by molar-refractivity contribution is 5.72. The van der Waals surface area contributed by atoms with E-state index < -0.39 is 17.6 Å². The molecule has 66 valence electrons. The summed E-state index contributed by atoms with van der Waals surface area (Å²) in [6.45, 7) is 3.25. The molecule has 0 radical (unpaired) electrons. The molecule has 0 aliphatic rings. The smallest absolute Gasteiger partial charge is 0.320 e. The Hall–Kier alpha value is -0.610. The Morgan fingerprint density at radius 2 is 2.09 bits per heavy atom. The summed E-state index contributed by atoms with van der Waals surface area (Å²) in [4.78, 5) is 10.2. The second-order valence-electron chi connectivity index (χ2n) is 3.30. The molecule has 11 heavy (non-hydrogen) atoms. The standard InChI is InChI=1S/C7H15NO3/c1-7(2,11)4-3-5(8)6(9)10/h5,11H,3-4,8H2,1-2H3,(H,9,10)/t5-/m0/s1. The van der Waals surface area contributed by atoms with E-state index in [1.807, 2.05) is 0 Å². The van der Waals surface area contributed by atoms with Gasteiger partial charge in [-0.25, -0.2) is 0 Å². The molecule has 0 amide bonds. The van der Waals surface area contributed by atoms with Gasteiger partial charge >= 0.3 is 5.97 Å². The third kappa shape index (κ3) is 5.82. The quantitative estimate of drug-likeness (QED) is 0.539. The largest absolute Gasteiger partial charge is 0.480 e. The maximum atomic E-state index is 10.2. The summed E-state index contributed by atoms with van der Waals surface area (Å²) >= 11 is 0. The summed E-state index contributed by atoms with van der Waals surface area (Å²) in [5.41, 5.74) is 4.39. The van der Waals surface area contributed by atoms with Crippen molar-refractivity contribution in [2.75, 3.05) is 0 Å². The van der Waals surface area contributed by atoms with Crippen molar-refractivity contribution in [1.29, 1.82) is 0 Å². The molecule has 0 aliphatic heterocycles. The average Bonchev–Trinajstić information content (AvgIpc) is 1.80. The molecule has 0 bridgehead atoms. The van der Waals surface area contributed by atoms with Crippen LogP contribution in [-0.4, -0.2) is 27.8 Å². The van der Waals surface area contributed by atoms with Crippen LogP contribution < -0.4 is 5.73 Å². The van der Waals surface area contributed by atoms with Gasteiger partial charge in [0.15, 0.2) is 0 Å².